The highest BCUT2D eigenvalue weighted by atomic mass is 32.2. The fraction of sp³-hybridized carbons (Fsp3) is 0.350. The molecule has 0 aliphatic heterocycles. The molecule has 0 spiro atoms. The molecule has 0 aromatic heterocycles. The van der Waals surface area contributed by atoms with Crippen LogP contribution in [0.25, 0.3) is 0 Å². The summed E-state index contributed by atoms with van der Waals surface area (Å²) in [6.07, 6.45) is 1.78. The quantitative estimate of drug-likeness (QED) is 0.670. The van der Waals surface area contributed by atoms with Crippen LogP contribution in [0.15, 0.2) is 47.4 Å². The van der Waals surface area contributed by atoms with E-state index in [9.17, 15) is 13.2 Å². The lowest BCUT2D eigenvalue weighted by atomic mass is 10.1. The number of hydrogen-bond acceptors (Lipinski definition) is 5. The number of carbonyl (C=O) groups is 1. The molecule has 1 amide bonds. The molecule has 0 saturated heterocycles. The smallest absolute Gasteiger partial charge is 0.251 e. The average Bonchev–Trinajstić information content (AvgIpc) is 3.50. The van der Waals surface area contributed by atoms with E-state index in [1.807, 2.05) is 6.92 Å². The highest BCUT2D eigenvalue weighted by Gasteiger charge is 2.27. The maximum Gasteiger partial charge on any atom is 0.251 e. The van der Waals surface area contributed by atoms with E-state index in [0.717, 1.165) is 18.4 Å². The van der Waals surface area contributed by atoms with Crippen LogP contribution >= 0.6 is 0 Å². The first kappa shape index (κ1) is 20.2. The molecule has 150 valence electrons. The number of amides is 1. The monoisotopic (exact) mass is 404 g/mol. The fourth-order valence-electron chi connectivity index (χ4n) is 2.64. The van der Waals surface area contributed by atoms with E-state index in [-0.39, 0.29) is 23.4 Å². The van der Waals surface area contributed by atoms with Crippen LogP contribution in [0.4, 0.5) is 0 Å². The van der Waals surface area contributed by atoms with E-state index >= 15 is 0 Å². The predicted octanol–water partition coefficient (Wildman–Crippen LogP) is 2.46. The molecular weight excluding hydrogens is 380 g/mol. The van der Waals surface area contributed by atoms with Gasteiger partial charge < -0.3 is 14.8 Å². The maximum absolute atomic E-state index is 12.4. The third-order valence-corrected chi connectivity index (χ3v) is 5.85. The summed E-state index contributed by atoms with van der Waals surface area (Å²) in [7, 11) is -1.95. The van der Waals surface area contributed by atoms with Gasteiger partial charge in [0, 0.05) is 18.2 Å². The van der Waals surface area contributed by atoms with E-state index in [1.54, 1.807) is 42.5 Å². The second kappa shape index (κ2) is 8.62. The van der Waals surface area contributed by atoms with Crippen LogP contribution in [0, 0.1) is 0 Å². The number of rotatable bonds is 9. The van der Waals surface area contributed by atoms with Crippen molar-refractivity contribution in [1.82, 2.24) is 10.0 Å². The van der Waals surface area contributed by atoms with Crippen molar-refractivity contribution in [3.63, 3.8) is 0 Å². The number of sulfonamides is 1. The number of methoxy groups -OCH3 is 1. The van der Waals surface area contributed by atoms with Gasteiger partial charge in [-0.25, -0.2) is 13.1 Å². The van der Waals surface area contributed by atoms with Crippen LogP contribution in [0.3, 0.4) is 0 Å². The van der Waals surface area contributed by atoms with Gasteiger partial charge in [-0.15, -0.1) is 0 Å². The van der Waals surface area contributed by atoms with Gasteiger partial charge in [0.2, 0.25) is 10.0 Å². The number of benzene rings is 2. The molecule has 0 unspecified atom stereocenters. The second-order valence-corrected chi connectivity index (χ2v) is 8.23. The summed E-state index contributed by atoms with van der Waals surface area (Å²) in [6, 6.07) is 11.5. The molecule has 2 N–H and O–H groups in total. The molecule has 0 atom stereocenters. The molecule has 8 heteroatoms. The van der Waals surface area contributed by atoms with Crippen LogP contribution in [0.2, 0.25) is 0 Å². The van der Waals surface area contributed by atoms with Gasteiger partial charge in [-0.3, -0.25) is 4.79 Å². The van der Waals surface area contributed by atoms with Crippen molar-refractivity contribution in [2.75, 3.05) is 13.7 Å². The third-order valence-electron chi connectivity index (χ3n) is 4.31. The minimum Gasteiger partial charge on any atom is -0.493 e. The van der Waals surface area contributed by atoms with E-state index in [4.69, 9.17) is 9.47 Å². The van der Waals surface area contributed by atoms with Gasteiger partial charge in [-0.1, -0.05) is 12.1 Å². The molecule has 0 radical (unpaired) electrons. The minimum atomic E-state index is -3.47. The molecule has 1 fully saturated rings. The first-order chi connectivity index (χ1) is 13.4. The number of carbonyl (C=O) groups excluding carboxylic acids is 1. The Kier molecular flexibility index (Phi) is 6.21. The summed E-state index contributed by atoms with van der Waals surface area (Å²) < 4.78 is 37.7. The molecule has 0 heterocycles. The average molecular weight is 404 g/mol. The van der Waals surface area contributed by atoms with Crippen LogP contribution in [-0.4, -0.2) is 34.1 Å². The zero-order valence-corrected chi connectivity index (χ0v) is 16.7. The lowest BCUT2D eigenvalue weighted by Gasteiger charge is -2.11. The van der Waals surface area contributed by atoms with Crippen molar-refractivity contribution in [2.24, 2.45) is 0 Å². The number of nitrogens with one attached hydrogen (secondary N) is 2. The summed E-state index contributed by atoms with van der Waals surface area (Å²) in [5, 5.41) is 2.82. The molecule has 0 bridgehead atoms. The predicted molar refractivity (Wildman–Crippen MR) is 105 cm³/mol. The van der Waals surface area contributed by atoms with Gasteiger partial charge in [0.15, 0.2) is 11.5 Å². The van der Waals surface area contributed by atoms with Crippen LogP contribution in [0.1, 0.15) is 35.7 Å². The van der Waals surface area contributed by atoms with Crippen molar-refractivity contribution >= 4 is 15.9 Å². The zero-order chi connectivity index (χ0) is 20.1. The fourth-order valence-corrected chi connectivity index (χ4v) is 3.95. The molecular formula is C20H24N2O5S. The Morgan fingerprint density at radius 3 is 2.43 bits per heavy atom. The summed E-state index contributed by atoms with van der Waals surface area (Å²) in [5.41, 5.74) is 1.25. The van der Waals surface area contributed by atoms with Gasteiger partial charge in [-0.2, -0.15) is 0 Å². The minimum absolute atomic E-state index is 0.0649. The van der Waals surface area contributed by atoms with Gasteiger partial charge in [-0.05, 0) is 55.7 Å². The van der Waals surface area contributed by atoms with Crippen molar-refractivity contribution in [1.29, 1.82) is 0 Å². The van der Waals surface area contributed by atoms with E-state index in [1.165, 1.54) is 7.11 Å². The molecule has 3 rings (SSSR count). The van der Waals surface area contributed by atoms with E-state index in [0.29, 0.717) is 23.7 Å². The largest absolute Gasteiger partial charge is 0.493 e. The Hall–Kier alpha value is -2.58. The van der Waals surface area contributed by atoms with E-state index in [2.05, 4.69) is 10.0 Å². The van der Waals surface area contributed by atoms with Crippen LogP contribution in [0.5, 0.6) is 11.5 Å². The number of ether oxygens (including phenoxy) is 2. The lowest BCUT2D eigenvalue weighted by Crippen LogP contribution is -2.26. The lowest BCUT2D eigenvalue weighted by molar-refractivity contribution is 0.0950. The normalized spacial score (nSPS) is 13.8. The molecule has 2 aromatic carbocycles. The molecule has 1 aliphatic carbocycles. The molecule has 28 heavy (non-hydrogen) atoms. The Bertz CT molecular complexity index is 938. The molecule has 1 saturated carbocycles. The zero-order valence-electron chi connectivity index (χ0n) is 15.9. The maximum atomic E-state index is 12.4. The van der Waals surface area contributed by atoms with Crippen LogP contribution < -0.4 is 19.5 Å². The standard InChI is InChI=1S/C20H24N2O5S/c1-3-27-18-11-6-15(12-19(18)26-2)20(23)21-13-14-4-9-17(10-5-14)28(24,25)22-16-7-8-16/h4-6,9-12,16,22H,3,7-8,13H2,1-2H3,(H,21,23). The van der Waals surface area contributed by atoms with Crippen molar-refractivity contribution < 1.29 is 22.7 Å². The van der Waals surface area contributed by atoms with Crippen molar-refractivity contribution in [3.8, 4) is 11.5 Å². The Balaban J connectivity index is 1.61. The highest BCUT2D eigenvalue weighted by Crippen LogP contribution is 2.28. The summed E-state index contributed by atoms with van der Waals surface area (Å²) in [6.45, 7) is 2.66. The molecule has 1 aliphatic rings. The second-order valence-electron chi connectivity index (χ2n) is 6.52. The van der Waals surface area contributed by atoms with Gasteiger partial charge in [0.1, 0.15) is 0 Å². The summed E-state index contributed by atoms with van der Waals surface area (Å²) in [4.78, 5) is 12.6. The van der Waals surface area contributed by atoms with Crippen molar-refractivity contribution in [2.45, 2.75) is 37.2 Å². The summed E-state index contributed by atoms with van der Waals surface area (Å²) >= 11 is 0. The Morgan fingerprint density at radius 1 is 1.11 bits per heavy atom. The third kappa shape index (κ3) is 5.02. The summed E-state index contributed by atoms with van der Waals surface area (Å²) in [5.74, 6) is 0.818. The van der Waals surface area contributed by atoms with Gasteiger partial charge >= 0.3 is 0 Å². The van der Waals surface area contributed by atoms with Crippen LogP contribution in [-0.2, 0) is 16.6 Å². The number of hydrogen-bond donors (Lipinski definition) is 2. The topological polar surface area (TPSA) is 93.7 Å². The van der Waals surface area contributed by atoms with Crippen molar-refractivity contribution in [3.05, 3.63) is 53.6 Å². The first-order valence-electron chi connectivity index (χ1n) is 9.13. The van der Waals surface area contributed by atoms with Gasteiger partial charge in [0.05, 0.1) is 18.6 Å². The molecule has 2 aromatic rings. The van der Waals surface area contributed by atoms with E-state index < -0.39 is 10.0 Å². The Labute approximate surface area is 165 Å². The molecule has 7 nitrogen and oxygen atoms in total. The van der Waals surface area contributed by atoms with Gasteiger partial charge in [0.25, 0.3) is 5.91 Å². The highest BCUT2D eigenvalue weighted by molar-refractivity contribution is 7.89. The SMILES string of the molecule is CCOc1ccc(C(=O)NCc2ccc(S(=O)(=O)NC3CC3)cc2)cc1OC. The Morgan fingerprint density at radius 2 is 1.82 bits per heavy atom. The first-order valence-corrected chi connectivity index (χ1v) is 10.6.